The average Bonchev–Trinajstić information content (AvgIpc) is 2.56. The lowest BCUT2D eigenvalue weighted by Crippen LogP contribution is -2.28. The van der Waals surface area contributed by atoms with Crippen LogP contribution in [-0.4, -0.2) is 19.0 Å². The van der Waals surface area contributed by atoms with Gasteiger partial charge in [0.1, 0.15) is 0 Å². The minimum absolute atomic E-state index is 0.383. The van der Waals surface area contributed by atoms with Gasteiger partial charge in [-0.15, -0.1) is 0 Å². The predicted molar refractivity (Wildman–Crippen MR) is 85.2 cm³/mol. The second-order valence-corrected chi connectivity index (χ2v) is 5.58. The smallest absolute Gasteiger partial charge is 0.249 e. The Balaban J connectivity index is 1.89. The van der Waals surface area contributed by atoms with Gasteiger partial charge in [-0.2, -0.15) is 0 Å². The van der Waals surface area contributed by atoms with Crippen molar-refractivity contribution < 1.29 is 4.79 Å². The standard InChI is InChI=1S/C18H20N2O/c19-18(21)17-6-2-1-5-16(17)14-9-7-13(8-10-14)15-4-3-11-20-12-15/h1-2,5-10,15,20H,3-4,11-12H2,(H2,19,21). The molecule has 0 bridgehead atoms. The van der Waals surface area contributed by atoms with Crippen LogP contribution in [0.15, 0.2) is 48.5 Å². The first-order valence-corrected chi connectivity index (χ1v) is 7.45. The third-order valence-corrected chi connectivity index (χ3v) is 4.18. The van der Waals surface area contributed by atoms with E-state index in [2.05, 4.69) is 29.6 Å². The number of primary amides is 1. The lowest BCUT2D eigenvalue weighted by molar-refractivity contribution is 0.100. The zero-order valence-electron chi connectivity index (χ0n) is 12.0. The van der Waals surface area contributed by atoms with E-state index in [0.717, 1.165) is 24.2 Å². The number of carbonyl (C=O) groups is 1. The van der Waals surface area contributed by atoms with Crippen LogP contribution in [0.25, 0.3) is 11.1 Å². The maximum absolute atomic E-state index is 11.5. The minimum atomic E-state index is -0.383. The van der Waals surface area contributed by atoms with Crippen LogP contribution in [-0.2, 0) is 0 Å². The molecule has 21 heavy (non-hydrogen) atoms. The first kappa shape index (κ1) is 13.8. The van der Waals surface area contributed by atoms with Crippen LogP contribution in [0, 0.1) is 0 Å². The van der Waals surface area contributed by atoms with E-state index in [1.807, 2.05) is 18.2 Å². The van der Waals surface area contributed by atoms with Gasteiger partial charge in [0.25, 0.3) is 0 Å². The van der Waals surface area contributed by atoms with Crippen molar-refractivity contribution in [2.45, 2.75) is 18.8 Å². The van der Waals surface area contributed by atoms with Gasteiger partial charge in [-0.25, -0.2) is 0 Å². The Kier molecular flexibility index (Phi) is 4.02. The minimum Gasteiger partial charge on any atom is -0.366 e. The van der Waals surface area contributed by atoms with E-state index >= 15 is 0 Å². The van der Waals surface area contributed by atoms with Crippen molar-refractivity contribution in [3.63, 3.8) is 0 Å². The monoisotopic (exact) mass is 280 g/mol. The Morgan fingerprint density at radius 2 is 1.86 bits per heavy atom. The molecule has 0 saturated carbocycles. The molecular weight excluding hydrogens is 260 g/mol. The van der Waals surface area contributed by atoms with Crippen LogP contribution in [0.5, 0.6) is 0 Å². The molecule has 2 aromatic carbocycles. The van der Waals surface area contributed by atoms with Crippen molar-refractivity contribution >= 4 is 5.91 Å². The lowest BCUT2D eigenvalue weighted by Gasteiger charge is -2.23. The van der Waals surface area contributed by atoms with Crippen molar-refractivity contribution in [2.75, 3.05) is 13.1 Å². The van der Waals surface area contributed by atoms with E-state index in [4.69, 9.17) is 5.73 Å². The molecule has 1 unspecified atom stereocenters. The number of carbonyl (C=O) groups excluding carboxylic acids is 1. The van der Waals surface area contributed by atoms with Gasteiger partial charge < -0.3 is 11.1 Å². The Morgan fingerprint density at radius 1 is 1.10 bits per heavy atom. The summed E-state index contributed by atoms with van der Waals surface area (Å²) < 4.78 is 0. The molecule has 3 nitrogen and oxygen atoms in total. The molecule has 1 heterocycles. The van der Waals surface area contributed by atoms with Gasteiger partial charge in [0.2, 0.25) is 5.91 Å². The van der Waals surface area contributed by atoms with Crippen LogP contribution in [0.2, 0.25) is 0 Å². The number of piperidine rings is 1. The highest BCUT2D eigenvalue weighted by Crippen LogP contribution is 2.28. The third kappa shape index (κ3) is 2.98. The number of amides is 1. The zero-order chi connectivity index (χ0) is 14.7. The summed E-state index contributed by atoms with van der Waals surface area (Å²) in [6, 6.07) is 16.0. The number of nitrogens with two attached hydrogens (primary N) is 1. The highest BCUT2D eigenvalue weighted by Gasteiger charge is 2.15. The molecule has 3 heteroatoms. The molecule has 2 aromatic rings. The predicted octanol–water partition coefficient (Wildman–Crippen LogP) is 2.92. The Labute approximate surface area is 125 Å². The highest BCUT2D eigenvalue weighted by molar-refractivity contribution is 5.99. The molecule has 1 fully saturated rings. The van der Waals surface area contributed by atoms with Gasteiger partial charge in [0, 0.05) is 12.1 Å². The fourth-order valence-corrected chi connectivity index (χ4v) is 3.02. The van der Waals surface area contributed by atoms with Gasteiger partial charge in [-0.3, -0.25) is 4.79 Å². The summed E-state index contributed by atoms with van der Waals surface area (Å²) in [7, 11) is 0. The van der Waals surface area contributed by atoms with E-state index in [9.17, 15) is 4.79 Å². The molecule has 3 rings (SSSR count). The molecule has 0 aromatic heterocycles. The van der Waals surface area contributed by atoms with Crippen molar-refractivity contribution in [3.8, 4) is 11.1 Å². The number of hydrogen-bond acceptors (Lipinski definition) is 2. The Hall–Kier alpha value is -2.13. The van der Waals surface area contributed by atoms with Gasteiger partial charge in [-0.1, -0.05) is 42.5 Å². The topological polar surface area (TPSA) is 55.1 Å². The number of nitrogens with one attached hydrogen (secondary N) is 1. The Bertz CT molecular complexity index is 628. The molecule has 0 radical (unpaired) electrons. The van der Waals surface area contributed by atoms with E-state index in [0.29, 0.717) is 11.5 Å². The first-order valence-electron chi connectivity index (χ1n) is 7.45. The van der Waals surface area contributed by atoms with Crippen molar-refractivity contribution in [1.82, 2.24) is 5.32 Å². The van der Waals surface area contributed by atoms with Gasteiger partial charge in [-0.05, 0) is 48.1 Å². The molecule has 1 saturated heterocycles. The molecule has 3 N–H and O–H groups in total. The number of hydrogen-bond donors (Lipinski definition) is 2. The Morgan fingerprint density at radius 3 is 2.52 bits per heavy atom. The van der Waals surface area contributed by atoms with Gasteiger partial charge in [0.05, 0.1) is 0 Å². The summed E-state index contributed by atoms with van der Waals surface area (Å²) in [4.78, 5) is 11.5. The summed E-state index contributed by atoms with van der Waals surface area (Å²) in [5.74, 6) is 0.213. The molecule has 1 aliphatic heterocycles. The van der Waals surface area contributed by atoms with E-state index < -0.39 is 0 Å². The van der Waals surface area contributed by atoms with Crippen LogP contribution in [0.4, 0.5) is 0 Å². The van der Waals surface area contributed by atoms with Crippen molar-refractivity contribution in [2.24, 2.45) is 5.73 Å². The number of benzene rings is 2. The van der Waals surface area contributed by atoms with E-state index in [-0.39, 0.29) is 5.91 Å². The lowest BCUT2D eigenvalue weighted by atomic mass is 9.90. The van der Waals surface area contributed by atoms with Crippen LogP contribution >= 0.6 is 0 Å². The maximum atomic E-state index is 11.5. The van der Waals surface area contributed by atoms with Crippen LogP contribution in [0.3, 0.4) is 0 Å². The molecule has 108 valence electrons. The summed E-state index contributed by atoms with van der Waals surface area (Å²) in [5.41, 5.74) is 9.33. The first-order chi connectivity index (χ1) is 10.3. The number of rotatable bonds is 3. The fraction of sp³-hybridized carbons (Fsp3) is 0.278. The van der Waals surface area contributed by atoms with E-state index in [1.54, 1.807) is 6.07 Å². The molecule has 1 amide bonds. The summed E-state index contributed by atoms with van der Waals surface area (Å²) in [6.45, 7) is 2.18. The molecular formula is C18H20N2O. The largest absolute Gasteiger partial charge is 0.366 e. The zero-order valence-corrected chi connectivity index (χ0v) is 12.0. The third-order valence-electron chi connectivity index (χ3n) is 4.18. The summed E-state index contributed by atoms with van der Waals surface area (Å²) in [5, 5.41) is 3.44. The summed E-state index contributed by atoms with van der Waals surface area (Å²) >= 11 is 0. The molecule has 0 spiro atoms. The fourth-order valence-electron chi connectivity index (χ4n) is 3.02. The average molecular weight is 280 g/mol. The molecule has 0 aliphatic carbocycles. The second-order valence-electron chi connectivity index (χ2n) is 5.58. The van der Waals surface area contributed by atoms with Gasteiger partial charge in [0.15, 0.2) is 0 Å². The van der Waals surface area contributed by atoms with Crippen molar-refractivity contribution in [3.05, 3.63) is 59.7 Å². The maximum Gasteiger partial charge on any atom is 0.249 e. The van der Waals surface area contributed by atoms with Crippen molar-refractivity contribution in [1.29, 1.82) is 0 Å². The second kappa shape index (κ2) is 6.10. The van der Waals surface area contributed by atoms with E-state index in [1.165, 1.54) is 18.4 Å². The quantitative estimate of drug-likeness (QED) is 0.908. The highest BCUT2D eigenvalue weighted by atomic mass is 16.1. The SMILES string of the molecule is NC(=O)c1ccccc1-c1ccc(C2CCCNC2)cc1. The van der Waals surface area contributed by atoms with Crippen LogP contribution < -0.4 is 11.1 Å². The van der Waals surface area contributed by atoms with Crippen LogP contribution in [0.1, 0.15) is 34.7 Å². The normalized spacial score (nSPS) is 18.4. The van der Waals surface area contributed by atoms with Gasteiger partial charge >= 0.3 is 0 Å². The summed E-state index contributed by atoms with van der Waals surface area (Å²) in [6.07, 6.45) is 2.47. The molecule has 1 aliphatic rings. The molecule has 1 atom stereocenters.